The fourth-order valence-electron chi connectivity index (χ4n) is 3.48. The number of nitrogens with zero attached hydrogens (tertiary/aromatic N) is 4. The zero-order valence-corrected chi connectivity index (χ0v) is 16.9. The van der Waals surface area contributed by atoms with Gasteiger partial charge in [0.25, 0.3) is 0 Å². The zero-order valence-electron chi connectivity index (χ0n) is 16.9. The first kappa shape index (κ1) is 20.9. The number of alkyl halides is 2. The van der Waals surface area contributed by atoms with E-state index in [0.29, 0.717) is 12.5 Å². The van der Waals surface area contributed by atoms with E-state index in [4.69, 9.17) is 9.73 Å². The number of hydrogen-bond donors (Lipinski definition) is 1. The Bertz CT molecular complexity index is 840. The van der Waals surface area contributed by atoms with Gasteiger partial charge in [-0.3, -0.25) is 4.68 Å². The van der Waals surface area contributed by atoms with Crippen molar-refractivity contribution in [2.75, 3.05) is 26.7 Å². The molecule has 1 atom stereocenters. The molecule has 1 aromatic heterocycles. The van der Waals surface area contributed by atoms with Crippen LogP contribution in [0.4, 0.5) is 8.78 Å². The largest absolute Gasteiger partial charge is 0.493 e. The molecule has 7 nitrogen and oxygen atoms in total. The average molecular weight is 407 g/mol. The molecule has 3 rings (SSSR count). The number of likely N-dealkylation sites (tertiary alicyclic amines) is 1. The number of guanidine groups is 1. The van der Waals surface area contributed by atoms with Crippen LogP contribution in [0.25, 0.3) is 0 Å². The predicted molar refractivity (Wildman–Crippen MR) is 107 cm³/mol. The van der Waals surface area contributed by atoms with E-state index in [1.54, 1.807) is 18.2 Å². The number of aryl methyl sites for hydroxylation is 1. The first-order valence-corrected chi connectivity index (χ1v) is 9.63. The van der Waals surface area contributed by atoms with E-state index in [1.165, 1.54) is 12.7 Å². The Balaban J connectivity index is 1.71. The van der Waals surface area contributed by atoms with E-state index < -0.39 is 6.61 Å². The summed E-state index contributed by atoms with van der Waals surface area (Å²) in [4.78, 5) is 6.93. The Kier molecular flexibility index (Phi) is 6.90. The molecular weight excluding hydrogens is 380 g/mol. The molecular formula is C20H27F2N5O2. The van der Waals surface area contributed by atoms with Crippen LogP contribution >= 0.6 is 0 Å². The molecule has 1 saturated heterocycles. The first-order chi connectivity index (χ1) is 14.0. The highest BCUT2D eigenvalue weighted by atomic mass is 19.3. The Morgan fingerprint density at radius 2 is 2.21 bits per heavy atom. The SMILES string of the molecule is CCNC(=NCc1ccc(OC)c(OC(F)F)c1)N1CCC(c2cnn(C)c2)C1. The van der Waals surface area contributed by atoms with Gasteiger partial charge in [-0.2, -0.15) is 13.9 Å². The number of rotatable bonds is 7. The second-order valence-electron chi connectivity index (χ2n) is 6.91. The molecule has 1 aliphatic rings. The van der Waals surface area contributed by atoms with Crippen molar-refractivity contribution < 1.29 is 18.3 Å². The molecule has 0 amide bonds. The molecule has 1 aliphatic heterocycles. The van der Waals surface area contributed by atoms with Gasteiger partial charge < -0.3 is 19.7 Å². The van der Waals surface area contributed by atoms with Crippen LogP contribution in [0.2, 0.25) is 0 Å². The Morgan fingerprint density at radius 3 is 2.86 bits per heavy atom. The van der Waals surface area contributed by atoms with Gasteiger partial charge in [-0.25, -0.2) is 4.99 Å². The van der Waals surface area contributed by atoms with Crippen LogP contribution in [0.1, 0.15) is 30.4 Å². The van der Waals surface area contributed by atoms with Crippen molar-refractivity contribution in [1.82, 2.24) is 20.0 Å². The molecule has 1 aromatic carbocycles. The molecule has 0 aliphatic carbocycles. The minimum atomic E-state index is -2.91. The van der Waals surface area contributed by atoms with Crippen LogP contribution in [0.3, 0.4) is 0 Å². The third-order valence-electron chi connectivity index (χ3n) is 4.87. The lowest BCUT2D eigenvalue weighted by Gasteiger charge is -2.21. The number of methoxy groups -OCH3 is 1. The van der Waals surface area contributed by atoms with E-state index in [9.17, 15) is 8.78 Å². The van der Waals surface area contributed by atoms with Gasteiger partial charge >= 0.3 is 6.61 Å². The van der Waals surface area contributed by atoms with Crippen molar-refractivity contribution in [3.8, 4) is 11.5 Å². The molecule has 2 heterocycles. The maximum atomic E-state index is 12.6. The van der Waals surface area contributed by atoms with Gasteiger partial charge in [-0.15, -0.1) is 0 Å². The summed E-state index contributed by atoms with van der Waals surface area (Å²) in [6.45, 7) is 1.96. The molecule has 0 saturated carbocycles. The van der Waals surface area contributed by atoms with Crippen molar-refractivity contribution in [1.29, 1.82) is 0 Å². The number of hydrogen-bond acceptors (Lipinski definition) is 4. The van der Waals surface area contributed by atoms with Crippen molar-refractivity contribution >= 4 is 5.96 Å². The minimum absolute atomic E-state index is 0.0121. The number of aliphatic imine (C=N–C) groups is 1. The topological polar surface area (TPSA) is 63.9 Å². The summed E-state index contributed by atoms with van der Waals surface area (Å²) in [6.07, 6.45) is 5.01. The molecule has 0 bridgehead atoms. The summed E-state index contributed by atoms with van der Waals surface area (Å²) >= 11 is 0. The zero-order chi connectivity index (χ0) is 20.8. The quantitative estimate of drug-likeness (QED) is 0.565. The molecule has 1 unspecified atom stereocenters. The predicted octanol–water partition coefficient (Wildman–Crippen LogP) is 2.99. The standard InChI is InChI=1S/C20H27F2N5O2/c1-4-23-20(27-8-7-15(13-27)16-11-25-26(2)12-16)24-10-14-5-6-17(28-3)18(9-14)29-19(21)22/h5-6,9,11-12,15,19H,4,7-8,10,13H2,1-3H3,(H,23,24). The lowest BCUT2D eigenvalue weighted by atomic mass is 10.0. The molecule has 1 fully saturated rings. The van der Waals surface area contributed by atoms with E-state index >= 15 is 0 Å². The van der Waals surface area contributed by atoms with Crippen LogP contribution in [0.15, 0.2) is 35.6 Å². The van der Waals surface area contributed by atoms with Crippen LogP contribution in [-0.4, -0.2) is 54.0 Å². The fraction of sp³-hybridized carbons (Fsp3) is 0.500. The fourth-order valence-corrected chi connectivity index (χ4v) is 3.48. The number of nitrogens with one attached hydrogen (secondary N) is 1. The Morgan fingerprint density at radius 1 is 1.38 bits per heavy atom. The van der Waals surface area contributed by atoms with E-state index in [-0.39, 0.29) is 11.5 Å². The van der Waals surface area contributed by atoms with Crippen molar-refractivity contribution in [2.45, 2.75) is 32.4 Å². The van der Waals surface area contributed by atoms with Gasteiger partial charge in [0.2, 0.25) is 0 Å². The van der Waals surface area contributed by atoms with Crippen LogP contribution in [0.5, 0.6) is 11.5 Å². The summed E-state index contributed by atoms with van der Waals surface area (Å²) in [5.74, 6) is 1.51. The number of halogens is 2. The summed E-state index contributed by atoms with van der Waals surface area (Å²) in [6, 6.07) is 4.96. The summed E-state index contributed by atoms with van der Waals surface area (Å²) in [7, 11) is 3.34. The van der Waals surface area contributed by atoms with E-state index in [0.717, 1.165) is 37.6 Å². The lowest BCUT2D eigenvalue weighted by Crippen LogP contribution is -2.40. The lowest BCUT2D eigenvalue weighted by molar-refractivity contribution is -0.0512. The maximum absolute atomic E-state index is 12.6. The van der Waals surface area contributed by atoms with Crippen molar-refractivity contribution in [3.63, 3.8) is 0 Å². The van der Waals surface area contributed by atoms with Crippen LogP contribution in [0, 0.1) is 0 Å². The minimum Gasteiger partial charge on any atom is -0.493 e. The second kappa shape index (κ2) is 9.58. The third kappa shape index (κ3) is 5.36. The molecule has 1 N–H and O–H groups in total. The van der Waals surface area contributed by atoms with Gasteiger partial charge in [0.15, 0.2) is 17.5 Å². The molecule has 158 valence electrons. The maximum Gasteiger partial charge on any atom is 0.387 e. The summed E-state index contributed by atoms with van der Waals surface area (Å²) < 4.78 is 36.7. The monoisotopic (exact) mass is 407 g/mol. The van der Waals surface area contributed by atoms with Gasteiger partial charge in [0, 0.05) is 38.8 Å². The van der Waals surface area contributed by atoms with Gasteiger partial charge in [0.05, 0.1) is 19.9 Å². The summed E-state index contributed by atoms with van der Waals surface area (Å²) in [5.41, 5.74) is 2.00. The molecule has 9 heteroatoms. The second-order valence-corrected chi connectivity index (χ2v) is 6.91. The molecule has 29 heavy (non-hydrogen) atoms. The number of ether oxygens (including phenoxy) is 2. The summed E-state index contributed by atoms with van der Waals surface area (Å²) in [5, 5.41) is 7.58. The van der Waals surface area contributed by atoms with Gasteiger partial charge in [0.1, 0.15) is 0 Å². The van der Waals surface area contributed by atoms with Crippen molar-refractivity contribution in [3.05, 3.63) is 41.7 Å². The molecule has 2 aromatic rings. The first-order valence-electron chi connectivity index (χ1n) is 9.63. The van der Waals surface area contributed by atoms with Gasteiger partial charge in [-0.05, 0) is 36.6 Å². The Labute approximate surface area is 169 Å². The van der Waals surface area contributed by atoms with Crippen LogP contribution in [-0.2, 0) is 13.6 Å². The Hall–Kier alpha value is -2.84. The number of benzene rings is 1. The van der Waals surface area contributed by atoms with E-state index in [1.807, 2.05) is 24.9 Å². The molecule has 0 radical (unpaired) electrons. The van der Waals surface area contributed by atoms with Crippen LogP contribution < -0.4 is 14.8 Å². The average Bonchev–Trinajstić information content (AvgIpc) is 3.34. The highest BCUT2D eigenvalue weighted by Gasteiger charge is 2.26. The third-order valence-corrected chi connectivity index (χ3v) is 4.87. The normalized spacial score (nSPS) is 17.1. The smallest absolute Gasteiger partial charge is 0.387 e. The van der Waals surface area contributed by atoms with E-state index in [2.05, 4.69) is 26.2 Å². The molecule has 0 spiro atoms. The highest BCUT2D eigenvalue weighted by Crippen LogP contribution is 2.30. The van der Waals surface area contributed by atoms with Gasteiger partial charge in [-0.1, -0.05) is 6.07 Å². The highest BCUT2D eigenvalue weighted by molar-refractivity contribution is 5.80. The number of aromatic nitrogens is 2. The van der Waals surface area contributed by atoms with Crippen molar-refractivity contribution in [2.24, 2.45) is 12.0 Å².